The second-order valence-corrected chi connectivity index (χ2v) is 1.97. The molecular formula is C5H6N4O4. The molecule has 0 fully saturated rings. The maximum atomic E-state index is 10.4. The summed E-state index contributed by atoms with van der Waals surface area (Å²) in [5.41, 5.74) is 9.48. The zero-order chi connectivity index (χ0) is 9.84. The summed E-state index contributed by atoms with van der Waals surface area (Å²) >= 11 is 0. The third kappa shape index (κ3) is 2.43. The van der Waals surface area contributed by atoms with Crippen LogP contribution < -0.4 is 11.5 Å². The molecule has 0 bridgehead atoms. The molecule has 4 N–H and O–H groups in total. The summed E-state index contributed by atoms with van der Waals surface area (Å²) in [6.07, 6.45) is -0.973. The fourth-order valence-corrected chi connectivity index (χ4v) is 0.544. The van der Waals surface area contributed by atoms with Gasteiger partial charge >= 0.3 is 17.9 Å². The number of primary amides is 2. The lowest BCUT2D eigenvalue weighted by Crippen LogP contribution is -2.12. The number of carbonyl (C=O) groups excluding carboxylic acids is 2. The van der Waals surface area contributed by atoms with Crippen molar-refractivity contribution in [3.63, 3.8) is 0 Å². The predicted molar refractivity (Wildman–Crippen MR) is 37.2 cm³/mol. The summed E-state index contributed by atoms with van der Waals surface area (Å²) in [6, 6.07) is 0. The molecule has 0 aliphatic carbocycles. The molecule has 0 atom stereocenters. The van der Waals surface area contributed by atoms with E-state index in [1.807, 2.05) is 0 Å². The first-order valence-corrected chi connectivity index (χ1v) is 3.14. The lowest BCUT2D eigenvalue weighted by molar-refractivity contribution is 0.0960. The number of nitrogens with two attached hydrogens (primary N) is 2. The van der Waals surface area contributed by atoms with E-state index in [0.717, 1.165) is 0 Å². The van der Waals surface area contributed by atoms with Gasteiger partial charge in [0.1, 0.15) is 0 Å². The summed E-state index contributed by atoms with van der Waals surface area (Å²) in [7, 11) is 0. The van der Waals surface area contributed by atoms with Crippen LogP contribution in [0.5, 0.6) is 0 Å². The molecular weight excluding hydrogens is 180 g/mol. The van der Waals surface area contributed by atoms with Gasteiger partial charge in [0.2, 0.25) is 0 Å². The van der Waals surface area contributed by atoms with Gasteiger partial charge in [-0.25, -0.2) is 4.79 Å². The number of carbonyl (C=O) groups is 2. The molecule has 0 aromatic carbocycles. The van der Waals surface area contributed by atoms with Crippen LogP contribution in [0.1, 0.15) is 16.6 Å². The monoisotopic (exact) mass is 186 g/mol. The molecule has 2 amide bonds. The van der Waals surface area contributed by atoms with Crippen molar-refractivity contribution in [3.8, 4) is 0 Å². The van der Waals surface area contributed by atoms with Crippen LogP contribution in [0.3, 0.4) is 0 Å². The minimum atomic E-state index is -0.973. The average Bonchev–Trinajstić information content (AvgIpc) is 2.48. The van der Waals surface area contributed by atoms with Crippen LogP contribution in [0.25, 0.3) is 0 Å². The van der Waals surface area contributed by atoms with Gasteiger partial charge in [0.15, 0.2) is 6.61 Å². The van der Waals surface area contributed by atoms with Gasteiger partial charge in [-0.15, -0.1) is 10.2 Å². The van der Waals surface area contributed by atoms with Crippen LogP contribution in [0.4, 0.5) is 4.79 Å². The molecule has 1 aromatic heterocycles. The molecule has 0 radical (unpaired) electrons. The summed E-state index contributed by atoms with van der Waals surface area (Å²) in [6.45, 7) is -0.282. The summed E-state index contributed by atoms with van der Waals surface area (Å²) in [5, 5.41) is 6.63. The zero-order valence-electron chi connectivity index (χ0n) is 6.39. The van der Waals surface area contributed by atoms with Crippen LogP contribution in [0.15, 0.2) is 4.42 Å². The highest BCUT2D eigenvalue weighted by Gasteiger charge is 2.11. The number of hydrogen-bond acceptors (Lipinski definition) is 6. The van der Waals surface area contributed by atoms with Gasteiger partial charge in [-0.2, -0.15) is 0 Å². The van der Waals surface area contributed by atoms with Crippen molar-refractivity contribution in [1.29, 1.82) is 0 Å². The Balaban J connectivity index is 2.59. The van der Waals surface area contributed by atoms with Crippen LogP contribution >= 0.6 is 0 Å². The lowest BCUT2D eigenvalue weighted by atomic mass is 10.6. The number of rotatable bonds is 3. The molecule has 13 heavy (non-hydrogen) atoms. The van der Waals surface area contributed by atoms with Gasteiger partial charge < -0.3 is 20.6 Å². The number of nitrogens with zero attached hydrogens (tertiary/aromatic N) is 2. The van der Waals surface area contributed by atoms with Gasteiger partial charge in [0, 0.05) is 0 Å². The van der Waals surface area contributed by atoms with Crippen molar-refractivity contribution in [1.82, 2.24) is 10.2 Å². The second-order valence-electron chi connectivity index (χ2n) is 1.97. The van der Waals surface area contributed by atoms with Crippen molar-refractivity contribution in [3.05, 3.63) is 11.8 Å². The Morgan fingerprint density at radius 2 is 2.08 bits per heavy atom. The van der Waals surface area contributed by atoms with E-state index in [-0.39, 0.29) is 18.4 Å². The highest BCUT2D eigenvalue weighted by Crippen LogP contribution is 1.99. The molecule has 1 aromatic rings. The van der Waals surface area contributed by atoms with Crippen LogP contribution in [-0.2, 0) is 11.3 Å². The fraction of sp³-hybridized carbons (Fsp3) is 0.200. The maximum Gasteiger partial charge on any atom is 0.405 e. The molecule has 70 valence electrons. The third-order valence-electron chi connectivity index (χ3n) is 1.02. The normalized spacial score (nSPS) is 9.54. The van der Waals surface area contributed by atoms with Crippen LogP contribution in [0, 0.1) is 0 Å². The first-order chi connectivity index (χ1) is 6.09. The number of ether oxygens (including phenoxy) is 1. The first kappa shape index (κ1) is 8.97. The molecule has 1 rings (SSSR count). The number of aromatic nitrogens is 2. The molecule has 0 aliphatic rings. The van der Waals surface area contributed by atoms with Gasteiger partial charge in [-0.1, -0.05) is 0 Å². The minimum absolute atomic E-state index is 0.0485. The molecule has 0 aliphatic heterocycles. The summed E-state index contributed by atoms with van der Waals surface area (Å²) < 4.78 is 8.98. The van der Waals surface area contributed by atoms with E-state index in [1.54, 1.807) is 0 Å². The van der Waals surface area contributed by atoms with Crippen molar-refractivity contribution in [2.45, 2.75) is 6.61 Å². The Morgan fingerprint density at radius 1 is 1.38 bits per heavy atom. The molecule has 8 nitrogen and oxygen atoms in total. The fourth-order valence-electron chi connectivity index (χ4n) is 0.544. The quantitative estimate of drug-likeness (QED) is 0.606. The standard InChI is InChI=1S/C5H6N4O4/c6-3(10)4-9-8-2(13-4)1-12-5(7)11/h1H2,(H2,6,10)(H2,7,11). The Hall–Kier alpha value is -2.12. The van der Waals surface area contributed by atoms with E-state index in [9.17, 15) is 9.59 Å². The van der Waals surface area contributed by atoms with Gasteiger partial charge in [-0.05, 0) is 0 Å². The van der Waals surface area contributed by atoms with E-state index < -0.39 is 12.0 Å². The molecule has 8 heteroatoms. The maximum absolute atomic E-state index is 10.4. The van der Waals surface area contributed by atoms with Crippen molar-refractivity contribution < 1.29 is 18.7 Å². The van der Waals surface area contributed by atoms with E-state index in [1.165, 1.54) is 0 Å². The number of amides is 2. The molecule has 0 saturated heterocycles. The summed E-state index contributed by atoms with van der Waals surface area (Å²) in [4.78, 5) is 20.6. The first-order valence-electron chi connectivity index (χ1n) is 3.14. The Kier molecular flexibility index (Phi) is 2.43. The van der Waals surface area contributed by atoms with E-state index in [4.69, 9.17) is 5.73 Å². The zero-order valence-corrected chi connectivity index (χ0v) is 6.39. The molecule has 1 heterocycles. The van der Waals surface area contributed by atoms with Crippen molar-refractivity contribution >= 4 is 12.0 Å². The van der Waals surface area contributed by atoms with Gasteiger partial charge in [-0.3, -0.25) is 4.79 Å². The SMILES string of the molecule is NC(=O)OCc1nnc(C(N)=O)o1. The second kappa shape index (κ2) is 3.52. The largest absolute Gasteiger partial charge is 0.440 e. The van der Waals surface area contributed by atoms with Crippen molar-refractivity contribution in [2.24, 2.45) is 11.5 Å². The van der Waals surface area contributed by atoms with E-state index in [0.29, 0.717) is 0 Å². The molecule has 0 spiro atoms. The Bertz CT molecular complexity index is 333. The van der Waals surface area contributed by atoms with E-state index in [2.05, 4.69) is 25.1 Å². The van der Waals surface area contributed by atoms with E-state index >= 15 is 0 Å². The minimum Gasteiger partial charge on any atom is -0.440 e. The van der Waals surface area contributed by atoms with Crippen LogP contribution in [-0.4, -0.2) is 22.2 Å². The summed E-state index contributed by atoms with van der Waals surface area (Å²) in [5.74, 6) is -1.24. The smallest absolute Gasteiger partial charge is 0.405 e. The lowest BCUT2D eigenvalue weighted by Gasteiger charge is -1.93. The molecule has 0 saturated carbocycles. The predicted octanol–water partition coefficient (Wildman–Crippen LogP) is -1.24. The Labute approximate surface area is 71.8 Å². The number of hydrogen-bond donors (Lipinski definition) is 2. The van der Waals surface area contributed by atoms with Gasteiger partial charge in [0.25, 0.3) is 5.89 Å². The van der Waals surface area contributed by atoms with Crippen LogP contribution in [0.2, 0.25) is 0 Å². The highest BCUT2D eigenvalue weighted by atomic mass is 16.6. The third-order valence-corrected chi connectivity index (χ3v) is 1.02. The van der Waals surface area contributed by atoms with Crippen molar-refractivity contribution in [2.75, 3.05) is 0 Å². The average molecular weight is 186 g/mol. The molecule has 0 unspecified atom stereocenters. The highest BCUT2D eigenvalue weighted by molar-refractivity contribution is 5.87. The Morgan fingerprint density at radius 3 is 2.54 bits per heavy atom. The van der Waals surface area contributed by atoms with Gasteiger partial charge in [0.05, 0.1) is 0 Å². The topological polar surface area (TPSA) is 134 Å².